The normalized spacial score (nSPS) is 27.0. The van der Waals surface area contributed by atoms with Gasteiger partial charge in [-0.25, -0.2) is 0 Å². The summed E-state index contributed by atoms with van der Waals surface area (Å²) >= 11 is 9.46. The first kappa shape index (κ1) is 16.7. The van der Waals surface area contributed by atoms with Crippen LogP contribution in [0.5, 0.6) is 0 Å². The molecule has 0 heterocycles. The number of benzene rings is 1. The zero-order valence-corrected chi connectivity index (χ0v) is 14.7. The Hall–Kier alpha value is -0.620. The molecule has 0 radical (unpaired) electrons. The van der Waals surface area contributed by atoms with Crippen molar-refractivity contribution in [2.75, 3.05) is 11.9 Å². The highest BCUT2D eigenvalue weighted by Gasteiger charge is 2.62. The average Bonchev–Trinajstić information content (AvgIpc) is 2.42. The van der Waals surface area contributed by atoms with Gasteiger partial charge in [-0.3, -0.25) is 4.79 Å². The number of rotatable bonds is 4. The number of amides is 1. The van der Waals surface area contributed by atoms with Crippen LogP contribution in [0.2, 0.25) is 5.02 Å². The number of carbonyl (C=O) groups is 1. The van der Waals surface area contributed by atoms with E-state index in [0.717, 1.165) is 4.47 Å². The zero-order chi connectivity index (χ0) is 15.8. The van der Waals surface area contributed by atoms with E-state index in [1.165, 1.54) is 0 Å². The third-order valence-corrected chi connectivity index (χ3v) is 5.23. The molecule has 1 aromatic carbocycles. The van der Waals surface area contributed by atoms with Crippen molar-refractivity contribution in [1.29, 1.82) is 0 Å². The van der Waals surface area contributed by atoms with Crippen LogP contribution in [0.25, 0.3) is 0 Å². The van der Waals surface area contributed by atoms with Gasteiger partial charge in [0, 0.05) is 22.9 Å². The summed E-state index contributed by atoms with van der Waals surface area (Å²) in [6, 6.07) is 5.29. The summed E-state index contributed by atoms with van der Waals surface area (Å²) in [5.74, 6) is -0.233. The van der Waals surface area contributed by atoms with E-state index in [9.17, 15) is 4.79 Å². The molecule has 1 amide bonds. The van der Waals surface area contributed by atoms with E-state index in [4.69, 9.17) is 22.1 Å². The number of hydrogen-bond acceptors (Lipinski definition) is 3. The Morgan fingerprint density at radius 1 is 1.57 bits per heavy atom. The fourth-order valence-electron chi connectivity index (χ4n) is 2.65. The molecule has 0 aliphatic heterocycles. The van der Waals surface area contributed by atoms with Crippen LogP contribution in [0.1, 0.15) is 27.2 Å². The minimum atomic E-state index is -0.960. The second-order valence-electron chi connectivity index (χ2n) is 5.92. The van der Waals surface area contributed by atoms with E-state index in [-0.39, 0.29) is 12.0 Å². The molecule has 6 heteroatoms. The minimum absolute atomic E-state index is 0.00349. The standard InChI is InChI=1S/C15H20BrClN2O2/c1-4-21-12-8-15(18,14(12,2)3)13(20)19-11-7-9(16)5-6-10(11)17/h5-7,12H,4,8,18H2,1-3H3,(H,19,20). The Morgan fingerprint density at radius 2 is 2.24 bits per heavy atom. The number of anilines is 1. The first-order chi connectivity index (χ1) is 9.72. The Bertz CT molecular complexity index is 565. The monoisotopic (exact) mass is 374 g/mol. The molecule has 1 fully saturated rings. The van der Waals surface area contributed by atoms with E-state index in [0.29, 0.717) is 23.7 Å². The van der Waals surface area contributed by atoms with E-state index >= 15 is 0 Å². The molecule has 4 nitrogen and oxygen atoms in total. The number of nitrogens with two attached hydrogens (primary N) is 1. The van der Waals surface area contributed by atoms with Crippen molar-refractivity contribution in [1.82, 2.24) is 0 Å². The molecule has 2 unspecified atom stereocenters. The summed E-state index contributed by atoms with van der Waals surface area (Å²) in [6.45, 7) is 6.47. The van der Waals surface area contributed by atoms with Crippen molar-refractivity contribution in [3.05, 3.63) is 27.7 Å². The predicted octanol–water partition coefficient (Wildman–Crippen LogP) is 3.57. The Kier molecular flexibility index (Phi) is 4.69. The number of ether oxygens (including phenoxy) is 1. The smallest absolute Gasteiger partial charge is 0.245 e. The molecule has 0 aromatic heterocycles. The van der Waals surface area contributed by atoms with Gasteiger partial charge in [0.05, 0.1) is 16.8 Å². The van der Waals surface area contributed by atoms with Crippen LogP contribution in [0.3, 0.4) is 0 Å². The molecule has 1 aliphatic rings. The van der Waals surface area contributed by atoms with E-state index in [1.807, 2.05) is 26.8 Å². The number of halogens is 2. The third-order valence-electron chi connectivity index (χ3n) is 4.41. The maximum Gasteiger partial charge on any atom is 0.245 e. The van der Waals surface area contributed by atoms with Crippen LogP contribution < -0.4 is 11.1 Å². The lowest BCUT2D eigenvalue weighted by molar-refractivity contribution is -0.166. The Morgan fingerprint density at radius 3 is 2.81 bits per heavy atom. The maximum atomic E-state index is 12.6. The van der Waals surface area contributed by atoms with Crippen molar-refractivity contribution in [2.24, 2.45) is 11.1 Å². The molecule has 2 rings (SSSR count). The summed E-state index contributed by atoms with van der Waals surface area (Å²) in [6.07, 6.45) is 0.502. The number of hydrogen-bond donors (Lipinski definition) is 2. The Labute approximate surface area is 138 Å². The lowest BCUT2D eigenvalue weighted by Gasteiger charge is -2.57. The molecule has 1 aromatic rings. The van der Waals surface area contributed by atoms with Gasteiger partial charge in [0.15, 0.2) is 0 Å². The largest absolute Gasteiger partial charge is 0.378 e. The topological polar surface area (TPSA) is 64.3 Å². The van der Waals surface area contributed by atoms with Gasteiger partial charge in [0.2, 0.25) is 5.91 Å². The van der Waals surface area contributed by atoms with Gasteiger partial charge in [0.25, 0.3) is 0 Å². The van der Waals surface area contributed by atoms with Crippen molar-refractivity contribution >= 4 is 39.1 Å². The van der Waals surface area contributed by atoms with Crippen LogP contribution in [0.15, 0.2) is 22.7 Å². The second kappa shape index (κ2) is 5.88. The second-order valence-corrected chi connectivity index (χ2v) is 7.24. The molecular weight excluding hydrogens is 356 g/mol. The third kappa shape index (κ3) is 2.84. The lowest BCUT2D eigenvalue weighted by Crippen LogP contribution is -2.74. The van der Waals surface area contributed by atoms with Crippen molar-refractivity contribution in [3.63, 3.8) is 0 Å². The van der Waals surface area contributed by atoms with Gasteiger partial charge in [-0.1, -0.05) is 41.4 Å². The number of carbonyl (C=O) groups excluding carboxylic acids is 1. The van der Waals surface area contributed by atoms with Crippen LogP contribution >= 0.6 is 27.5 Å². The van der Waals surface area contributed by atoms with E-state index < -0.39 is 11.0 Å². The lowest BCUT2D eigenvalue weighted by atomic mass is 9.54. The summed E-state index contributed by atoms with van der Waals surface area (Å²) < 4.78 is 6.48. The van der Waals surface area contributed by atoms with Gasteiger partial charge < -0.3 is 15.8 Å². The van der Waals surface area contributed by atoms with Crippen molar-refractivity contribution in [2.45, 2.75) is 38.8 Å². The molecule has 3 N–H and O–H groups in total. The summed E-state index contributed by atoms with van der Waals surface area (Å²) in [5, 5.41) is 3.31. The van der Waals surface area contributed by atoms with E-state index in [2.05, 4.69) is 21.2 Å². The quantitative estimate of drug-likeness (QED) is 0.845. The van der Waals surface area contributed by atoms with Crippen LogP contribution in [0.4, 0.5) is 5.69 Å². The van der Waals surface area contributed by atoms with Gasteiger partial charge in [-0.05, 0) is 25.1 Å². The highest BCUT2D eigenvalue weighted by atomic mass is 79.9. The van der Waals surface area contributed by atoms with Crippen molar-refractivity contribution in [3.8, 4) is 0 Å². The Balaban J connectivity index is 2.16. The van der Waals surface area contributed by atoms with Gasteiger partial charge in [-0.2, -0.15) is 0 Å². The van der Waals surface area contributed by atoms with Crippen LogP contribution in [-0.2, 0) is 9.53 Å². The summed E-state index contributed by atoms with van der Waals surface area (Å²) in [5.41, 5.74) is 5.50. The predicted molar refractivity (Wildman–Crippen MR) is 88.5 cm³/mol. The zero-order valence-electron chi connectivity index (χ0n) is 12.4. The van der Waals surface area contributed by atoms with Gasteiger partial charge >= 0.3 is 0 Å². The number of nitrogens with one attached hydrogen (secondary N) is 1. The molecule has 1 aliphatic carbocycles. The van der Waals surface area contributed by atoms with Crippen molar-refractivity contribution < 1.29 is 9.53 Å². The molecule has 116 valence electrons. The fraction of sp³-hybridized carbons (Fsp3) is 0.533. The molecule has 0 bridgehead atoms. The summed E-state index contributed by atoms with van der Waals surface area (Å²) in [7, 11) is 0. The van der Waals surface area contributed by atoms with Crippen LogP contribution in [-0.4, -0.2) is 24.2 Å². The highest BCUT2D eigenvalue weighted by molar-refractivity contribution is 9.10. The molecule has 21 heavy (non-hydrogen) atoms. The first-order valence-corrected chi connectivity index (χ1v) is 8.06. The van der Waals surface area contributed by atoms with E-state index in [1.54, 1.807) is 12.1 Å². The van der Waals surface area contributed by atoms with Gasteiger partial charge in [0.1, 0.15) is 5.54 Å². The molecule has 1 saturated carbocycles. The average molecular weight is 376 g/mol. The highest BCUT2D eigenvalue weighted by Crippen LogP contribution is 2.50. The maximum absolute atomic E-state index is 12.6. The molecule has 2 atom stereocenters. The molecule has 0 spiro atoms. The molecule has 0 saturated heterocycles. The first-order valence-electron chi connectivity index (χ1n) is 6.89. The molecular formula is C15H20BrClN2O2. The SMILES string of the molecule is CCOC1CC(N)(C(=O)Nc2cc(Br)ccc2Cl)C1(C)C. The van der Waals surface area contributed by atoms with Gasteiger partial charge in [-0.15, -0.1) is 0 Å². The van der Waals surface area contributed by atoms with Crippen LogP contribution in [0, 0.1) is 5.41 Å². The fourth-order valence-corrected chi connectivity index (χ4v) is 3.17. The minimum Gasteiger partial charge on any atom is -0.378 e. The summed E-state index contributed by atoms with van der Waals surface area (Å²) in [4.78, 5) is 12.6.